The quantitative estimate of drug-likeness (QED) is 0.812. The fraction of sp³-hybridized carbons (Fsp3) is 0.444. The standard InChI is InChI=1S/C18H22N4O3.ClH/c23-17(15-11-13-3-1-2-4-14(13)20-15)21-6-8-22(9-7-21)18(24)16-12-19-5-10-25-16;/h1-4,11,16,19-20H,5-10,12H2;1H. The molecule has 2 fully saturated rings. The molecule has 140 valence electrons. The van der Waals surface area contributed by atoms with E-state index in [0.717, 1.165) is 17.4 Å². The number of nitrogens with zero attached hydrogens (tertiary/aromatic N) is 2. The van der Waals surface area contributed by atoms with Gasteiger partial charge in [-0.1, -0.05) is 18.2 Å². The van der Waals surface area contributed by atoms with Crippen LogP contribution in [0.15, 0.2) is 30.3 Å². The molecule has 4 rings (SSSR count). The van der Waals surface area contributed by atoms with E-state index < -0.39 is 6.10 Å². The molecule has 2 amide bonds. The average molecular weight is 379 g/mol. The van der Waals surface area contributed by atoms with Crippen LogP contribution in [0.25, 0.3) is 10.9 Å². The molecular weight excluding hydrogens is 356 g/mol. The predicted octanol–water partition coefficient (Wildman–Crippen LogP) is 0.862. The van der Waals surface area contributed by atoms with Crippen molar-refractivity contribution in [3.8, 4) is 0 Å². The van der Waals surface area contributed by atoms with Crippen molar-refractivity contribution in [3.05, 3.63) is 36.0 Å². The minimum Gasteiger partial charge on any atom is -0.366 e. The first-order valence-corrected chi connectivity index (χ1v) is 8.70. The zero-order valence-electron chi connectivity index (χ0n) is 14.4. The molecule has 2 aliphatic heterocycles. The highest BCUT2D eigenvalue weighted by Crippen LogP contribution is 2.17. The van der Waals surface area contributed by atoms with Crippen molar-refractivity contribution in [1.29, 1.82) is 0 Å². The van der Waals surface area contributed by atoms with Crippen molar-refractivity contribution in [3.63, 3.8) is 0 Å². The number of hydrogen-bond acceptors (Lipinski definition) is 4. The number of nitrogens with one attached hydrogen (secondary N) is 2. The van der Waals surface area contributed by atoms with E-state index in [1.54, 1.807) is 9.80 Å². The van der Waals surface area contributed by atoms with Crippen LogP contribution in [0.1, 0.15) is 10.5 Å². The van der Waals surface area contributed by atoms with Crippen LogP contribution in [0.2, 0.25) is 0 Å². The monoisotopic (exact) mass is 378 g/mol. The number of carbonyl (C=O) groups is 2. The maximum atomic E-state index is 12.7. The van der Waals surface area contributed by atoms with Gasteiger partial charge in [0.1, 0.15) is 11.8 Å². The second-order valence-electron chi connectivity index (χ2n) is 6.45. The summed E-state index contributed by atoms with van der Waals surface area (Å²) >= 11 is 0. The highest BCUT2D eigenvalue weighted by atomic mass is 35.5. The number of ether oxygens (including phenoxy) is 1. The van der Waals surface area contributed by atoms with Gasteiger partial charge in [0, 0.05) is 50.2 Å². The van der Waals surface area contributed by atoms with E-state index in [1.807, 2.05) is 30.3 Å². The van der Waals surface area contributed by atoms with Gasteiger partial charge in [-0.2, -0.15) is 0 Å². The molecule has 2 N–H and O–H groups in total. The number of rotatable bonds is 2. The zero-order chi connectivity index (χ0) is 17.2. The van der Waals surface area contributed by atoms with E-state index in [2.05, 4.69) is 10.3 Å². The number of morpholine rings is 1. The van der Waals surface area contributed by atoms with Gasteiger partial charge in [-0.3, -0.25) is 9.59 Å². The summed E-state index contributed by atoms with van der Waals surface area (Å²) in [5.41, 5.74) is 1.56. The number of carbonyl (C=O) groups excluding carboxylic acids is 2. The van der Waals surface area contributed by atoms with Crippen LogP contribution >= 0.6 is 12.4 Å². The number of benzene rings is 1. The minimum atomic E-state index is -0.398. The highest BCUT2D eigenvalue weighted by molar-refractivity contribution is 5.98. The average Bonchev–Trinajstić information content (AvgIpc) is 3.12. The molecule has 1 aromatic heterocycles. The lowest BCUT2D eigenvalue weighted by Gasteiger charge is -2.36. The molecule has 0 aliphatic carbocycles. The van der Waals surface area contributed by atoms with Crippen LogP contribution in [0.5, 0.6) is 0 Å². The molecule has 26 heavy (non-hydrogen) atoms. The molecule has 7 nitrogen and oxygen atoms in total. The third-order valence-electron chi connectivity index (χ3n) is 4.84. The molecule has 8 heteroatoms. The predicted molar refractivity (Wildman–Crippen MR) is 101 cm³/mol. The molecule has 1 aromatic carbocycles. The van der Waals surface area contributed by atoms with Gasteiger partial charge >= 0.3 is 0 Å². The SMILES string of the molecule is Cl.O=C(c1cc2ccccc2[nH]1)N1CCN(C(=O)C2CNCCO2)CC1. The third kappa shape index (κ3) is 3.70. The number of fused-ring (bicyclic) bond motifs is 1. The van der Waals surface area contributed by atoms with Gasteiger partial charge in [0.15, 0.2) is 0 Å². The zero-order valence-corrected chi connectivity index (χ0v) is 15.3. The summed E-state index contributed by atoms with van der Waals surface area (Å²) in [7, 11) is 0. The summed E-state index contributed by atoms with van der Waals surface area (Å²) in [6, 6.07) is 9.73. The molecule has 2 saturated heterocycles. The van der Waals surface area contributed by atoms with Gasteiger partial charge in [0.05, 0.1) is 6.61 Å². The number of piperazine rings is 1. The van der Waals surface area contributed by atoms with Crippen molar-refractivity contribution in [2.75, 3.05) is 45.9 Å². The largest absolute Gasteiger partial charge is 0.366 e. The number of para-hydroxylation sites is 1. The lowest BCUT2D eigenvalue weighted by Crippen LogP contribution is -2.56. The van der Waals surface area contributed by atoms with Crippen molar-refractivity contribution in [2.45, 2.75) is 6.10 Å². The maximum absolute atomic E-state index is 12.7. The Kier molecular flexibility index (Phi) is 5.80. The van der Waals surface area contributed by atoms with Gasteiger partial charge < -0.3 is 24.8 Å². The van der Waals surface area contributed by atoms with Gasteiger partial charge in [0.25, 0.3) is 11.8 Å². The van der Waals surface area contributed by atoms with Crippen molar-refractivity contribution >= 4 is 35.1 Å². The molecule has 1 unspecified atom stereocenters. The Morgan fingerprint density at radius 1 is 1.08 bits per heavy atom. The van der Waals surface area contributed by atoms with Gasteiger partial charge in [-0.25, -0.2) is 0 Å². The van der Waals surface area contributed by atoms with Gasteiger partial charge in [-0.15, -0.1) is 12.4 Å². The molecule has 0 radical (unpaired) electrons. The normalized spacial score (nSPS) is 20.7. The maximum Gasteiger partial charge on any atom is 0.270 e. The van der Waals surface area contributed by atoms with E-state index >= 15 is 0 Å². The molecule has 2 aromatic rings. The van der Waals surface area contributed by atoms with Crippen molar-refractivity contribution in [1.82, 2.24) is 20.1 Å². The third-order valence-corrected chi connectivity index (χ3v) is 4.84. The first-order valence-electron chi connectivity index (χ1n) is 8.70. The highest BCUT2D eigenvalue weighted by Gasteiger charge is 2.30. The first kappa shape index (κ1) is 18.7. The van der Waals surface area contributed by atoms with Crippen LogP contribution in [0, 0.1) is 0 Å². The second kappa shape index (κ2) is 8.07. The molecule has 3 heterocycles. The Labute approximate surface area is 158 Å². The Hall–Kier alpha value is -2.09. The summed E-state index contributed by atoms with van der Waals surface area (Å²) in [6.07, 6.45) is -0.398. The minimum absolute atomic E-state index is 0. The number of amides is 2. The molecule has 0 bridgehead atoms. The van der Waals surface area contributed by atoms with E-state index in [-0.39, 0.29) is 24.2 Å². The number of hydrogen-bond donors (Lipinski definition) is 2. The van der Waals surface area contributed by atoms with Gasteiger partial charge in [-0.05, 0) is 12.1 Å². The molecule has 0 saturated carbocycles. The molecule has 2 aliphatic rings. The molecule has 1 atom stereocenters. The van der Waals surface area contributed by atoms with Crippen LogP contribution in [0.3, 0.4) is 0 Å². The Balaban J connectivity index is 0.00000196. The van der Waals surface area contributed by atoms with E-state index in [9.17, 15) is 9.59 Å². The first-order chi connectivity index (χ1) is 12.2. The van der Waals surface area contributed by atoms with Crippen molar-refractivity contribution in [2.24, 2.45) is 0 Å². The summed E-state index contributed by atoms with van der Waals surface area (Å²) < 4.78 is 5.53. The Bertz CT molecular complexity index is 747. The topological polar surface area (TPSA) is 77.7 Å². The smallest absolute Gasteiger partial charge is 0.270 e. The Morgan fingerprint density at radius 2 is 1.81 bits per heavy atom. The number of halogens is 1. The van der Waals surface area contributed by atoms with Crippen LogP contribution in [-0.2, 0) is 9.53 Å². The molecule has 0 spiro atoms. The lowest BCUT2D eigenvalue weighted by atomic mass is 10.2. The van der Waals surface area contributed by atoms with Crippen LogP contribution in [-0.4, -0.2) is 78.6 Å². The second-order valence-corrected chi connectivity index (χ2v) is 6.45. The Morgan fingerprint density at radius 3 is 2.50 bits per heavy atom. The fourth-order valence-electron chi connectivity index (χ4n) is 3.42. The van der Waals surface area contributed by atoms with E-state index in [4.69, 9.17) is 4.74 Å². The summed E-state index contributed by atoms with van der Waals surface area (Å²) in [6.45, 7) is 4.09. The van der Waals surface area contributed by atoms with E-state index in [1.165, 1.54) is 0 Å². The number of H-pyrrole nitrogens is 1. The van der Waals surface area contributed by atoms with E-state index in [0.29, 0.717) is 45.0 Å². The summed E-state index contributed by atoms with van der Waals surface area (Å²) in [4.78, 5) is 31.9. The summed E-state index contributed by atoms with van der Waals surface area (Å²) in [5, 5.41) is 4.20. The van der Waals surface area contributed by atoms with Crippen LogP contribution < -0.4 is 5.32 Å². The lowest BCUT2D eigenvalue weighted by molar-refractivity contribution is -0.146. The van der Waals surface area contributed by atoms with Crippen molar-refractivity contribution < 1.29 is 14.3 Å². The molecular formula is C18H23ClN4O3. The summed E-state index contributed by atoms with van der Waals surface area (Å²) in [5.74, 6) is 0.00351. The number of aromatic nitrogens is 1. The van der Waals surface area contributed by atoms with Gasteiger partial charge in [0.2, 0.25) is 0 Å². The van der Waals surface area contributed by atoms with Crippen LogP contribution in [0.4, 0.5) is 0 Å². The number of aromatic amines is 1. The fourth-order valence-corrected chi connectivity index (χ4v) is 3.42.